The molecule has 0 N–H and O–H groups in total. The standard InChI is InChI=1S/C12H6ClF3N4/c13-10-5-7(12(14,15)16)6-11(17-10)20-9-4-2-1-3-8(9)18-19-20/h1-6H. The number of aromatic nitrogens is 4. The Labute approximate surface area is 115 Å². The zero-order chi connectivity index (χ0) is 14.3. The van der Waals surface area contributed by atoms with E-state index in [-0.39, 0.29) is 11.0 Å². The molecule has 2 aromatic heterocycles. The topological polar surface area (TPSA) is 43.6 Å². The van der Waals surface area contributed by atoms with E-state index < -0.39 is 11.7 Å². The van der Waals surface area contributed by atoms with Gasteiger partial charge < -0.3 is 0 Å². The van der Waals surface area contributed by atoms with E-state index in [0.29, 0.717) is 11.0 Å². The van der Waals surface area contributed by atoms with Crippen LogP contribution in [0.4, 0.5) is 13.2 Å². The number of nitrogens with zero attached hydrogens (tertiary/aromatic N) is 4. The highest BCUT2D eigenvalue weighted by atomic mass is 35.5. The second kappa shape index (κ2) is 4.45. The third-order valence-electron chi connectivity index (χ3n) is 2.68. The molecule has 0 aliphatic rings. The first-order chi connectivity index (χ1) is 9.45. The molecule has 8 heteroatoms. The largest absolute Gasteiger partial charge is 0.416 e. The predicted octanol–water partition coefficient (Wildman–Crippen LogP) is 3.49. The van der Waals surface area contributed by atoms with Crippen LogP contribution in [0.1, 0.15) is 5.56 Å². The monoisotopic (exact) mass is 298 g/mol. The molecule has 20 heavy (non-hydrogen) atoms. The van der Waals surface area contributed by atoms with E-state index in [2.05, 4.69) is 15.3 Å². The zero-order valence-corrected chi connectivity index (χ0v) is 10.5. The van der Waals surface area contributed by atoms with Crippen molar-refractivity contribution in [1.29, 1.82) is 0 Å². The van der Waals surface area contributed by atoms with Crippen LogP contribution in [0.25, 0.3) is 16.9 Å². The van der Waals surface area contributed by atoms with Gasteiger partial charge in [0, 0.05) is 0 Å². The van der Waals surface area contributed by atoms with Crippen LogP contribution >= 0.6 is 11.6 Å². The summed E-state index contributed by atoms with van der Waals surface area (Å²) in [5.74, 6) is -0.0291. The Hall–Kier alpha value is -2.15. The minimum absolute atomic E-state index is 0.0291. The Kier molecular flexibility index (Phi) is 2.86. The number of pyridine rings is 1. The number of halogens is 4. The minimum Gasteiger partial charge on any atom is -0.217 e. The summed E-state index contributed by atoms with van der Waals surface area (Å²) < 4.78 is 39.5. The summed E-state index contributed by atoms with van der Waals surface area (Å²) in [7, 11) is 0. The third-order valence-corrected chi connectivity index (χ3v) is 2.87. The molecule has 4 nitrogen and oxygen atoms in total. The van der Waals surface area contributed by atoms with Crippen molar-refractivity contribution >= 4 is 22.6 Å². The van der Waals surface area contributed by atoms with Gasteiger partial charge in [-0.3, -0.25) is 0 Å². The van der Waals surface area contributed by atoms with E-state index in [1.54, 1.807) is 24.3 Å². The minimum atomic E-state index is -4.50. The number of para-hydroxylation sites is 1. The lowest BCUT2D eigenvalue weighted by molar-refractivity contribution is -0.137. The molecule has 0 radical (unpaired) electrons. The predicted molar refractivity (Wildman–Crippen MR) is 66.7 cm³/mol. The van der Waals surface area contributed by atoms with Gasteiger partial charge in [0.15, 0.2) is 5.82 Å². The molecule has 102 valence electrons. The lowest BCUT2D eigenvalue weighted by atomic mass is 10.2. The summed E-state index contributed by atoms with van der Waals surface area (Å²) in [5.41, 5.74) is 0.227. The summed E-state index contributed by atoms with van der Waals surface area (Å²) in [5, 5.41) is 7.42. The van der Waals surface area contributed by atoms with Crippen molar-refractivity contribution in [2.24, 2.45) is 0 Å². The molecule has 1 aromatic carbocycles. The van der Waals surface area contributed by atoms with Crippen molar-refractivity contribution in [2.45, 2.75) is 6.18 Å². The first-order valence-corrected chi connectivity index (χ1v) is 5.88. The molecular weight excluding hydrogens is 293 g/mol. The highest BCUT2D eigenvalue weighted by Gasteiger charge is 2.32. The van der Waals surface area contributed by atoms with Gasteiger partial charge in [0.25, 0.3) is 0 Å². The molecule has 0 saturated heterocycles. The first-order valence-electron chi connectivity index (χ1n) is 5.51. The number of alkyl halides is 3. The van der Waals surface area contributed by atoms with Gasteiger partial charge in [-0.2, -0.15) is 17.9 Å². The fraction of sp³-hybridized carbons (Fsp3) is 0.0833. The average molecular weight is 299 g/mol. The lowest BCUT2D eigenvalue weighted by Crippen LogP contribution is -2.08. The number of hydrogen-bond acceptors (Lipinski definition) is 3. The molecule has 0 spiro atoms. The summed E-state index contributed by atoms with van der Waals surface area (Å²) in [4.78, 5) is 3.87. The summed E-state index contributed by atoms with van der Waals surface area (Å²) >= 11 is 5.65. The molecule has 0 unspecified atom stereocenters. The van der Waals surface area contributed by atoms with Crippen molar-refractivity contribution < 1.29 is 13.2 Å². The van der Waals surface area contributed by atoms with Crippen LogP contribution in [0.5, 0.6) is 0 Å². The van der Waals surface area contributed by atoms with E-state index in [1.807, 2.05) is 0 Å². The number of hydrogen-bond donors (Lipinski definition) is 0. The van der Waals surface area contributed by atoms with E-state index in [1.165, 1.54) is 4.68 Å². The molecular formula is C12H6ClF3N4. The van der Waals surface area contributed by atoms with Crippen LogP contribution in [0.15, 0.2) is 36.4 Å². The highest BCUT2D eigenvalue weighted by molar-refractivity contribution is 6.29. The van der Waals surface area contributed by atoms with Crippen LogP contribution < -0.4 is 0 Å². The van der Waals surface area contributed by atoms with Gasteiger partial charge in [0.2, 0.25) is 0 Å². The maximum absolute atomic E-state index is 12.8. The van der Waals surface area contributed by atoms with E-state index in [4.69, 9.17) is 11.6 Å². The van der Waals surface area contributed by atoms with Crippen molar-refractivity contribution in [3.63, 3.8) is 0 Å². The molecule has 0 atom stereocenters. The van der Waals surface area contributed by atoms with Gasteiger partial charge in [-0.15, -0.1) is 5.10 Å². The van der Waals surface area contributed by atoms with E-state index in [0.717, 1.165) is 12.1 Å². The van der Waals surface area contributed by atoms with Gasteiger partial charge in [0.05, 0.1) is 11.1 Å². The van der Waals surface area contributed by atoms with Crippen LogP contribution in [-0.2, 0) is 6.18 Å². The average Bonchev–Trinajstić information content (AvgIpc) is 2.80. The molecule has 0 fully saturated rings. The molecule has 0 amide bonds. The fourth-order valence-electron chi connectivity index (χ4n) is 1.79. The quantitative estimate of drug-likeness (QED) is 0.646. The molecule has 3 aromatic rings. The van der Waals surface area contributed by atoms with Crippen LogP contribution in [0.2, 0.25) is 5.15 Å². The number of benzene rings is 1. The Bertz CT molecular complexity index is 782. The van der Waals surface area contributed by atoms with Gasteiger partial charge >= 0.3 is 6.18 Å². The summed E-state index contributed by atoms with van der Waals surface area (Å²) in [6.45, 7) is 0. The first kappa shape index (κ1) is 12.9. The van der Waals surface area contributed by atoms with Crippen molar-refractivity contribution in [2.75, 3.05) is 0 Å². The number of rotatable bonds is 1. The molecule has 0 aliphatic carbocycles. The van der Waals surface area contributed by atoms with Gasteiger partial charge in [-0.05, 0) is 24.3 Å². The van der Waals surface area contributed by atoms with Crippen molar-refractivity contribution in [3.05, 3.63) is 47.1 Å². The Morgan fingerprint density at radius 1 is 1.10 bits per heavy atom. The van der Waals surface area contributed by atoms with Gasteiger partial charge in [0.1, 0.15) is 10.7 Å². The normalized spacial score (nSPS) is 12.0. The van der Waals surface area contributed by atoms with Gasteiger partial charge in [-0.25, -0.2) is 4.98 Å². The molecule has 2 heterocycles. The van der Waals surface area contributed by atoms with Crippen LogP contribution in [-0.4, -0.2) is 20.0 Å². The second-order valence-corrected chi connectivity index (χ2v) is 4.41. The van der Waals surface area contributed by atoms with Crippen LogP contribution in [0.3, 0.4) is 0 Å². The fourth-order valence-corrected chi connectivity index (χ4v) is 2.00. The molecule has 0 aliphatic heterocycles. The number of fused-ring (bicyclic) bond motifs is 1. The van der Waals surface area contributed by atoms with Gasteiger partial charge in [-0.1, -0.05) is 28.9 Å². The van der Waals surface area contributed by atoms with Crippen molar-refractivity contribution in [3.8, 4) is 5.82 Å². The molecule has 3 rings (SSSR count). The molecule has 0 saturated carbocycles. The SMILES string of the molecule is FC(F)(F)c1cc(Cl)nc(-n2nnc3ccccc32)c1. The summed E-state index contributed by atoms with van der Waals surface area (Å²) in [6, 6.07) is 8.53. The Balaban J connectivity index is 2.22. The zero-order valence-electron chi connectivity index (χ0n) is 9.76. The van der Waals surface area contributed by atoms with E-state index in [9.17, 15) is 13.2 Å². The smallest absolute Gasteiger partial charge is 0.217 e. The maximum atomic E-state index is 12.8. The maximum Gasteiger partial charge on any atom is 0.416 e. The second-order valence-electron chi connectivity index (χ2n) is 4.02. The Morgan fingerprint density at radius 3 is 2.60 bits per heavy atom. The highest BCUT2D eigenvalue weighted by Crippen LogP contribution is 2.31. The summed E-state index contributed by atoms with van der Waals surface area (Å²) in [6.07, 6.45) is -4.50. The van der Waals surface area contributed by atoms with E-state index >= 15 is 0 Å². The van der Waals surface area contributed by atoms with Crippen LogP contribution in [0, 0.1) is 0 Å². The third kappa shape index (κ3) is 2.20. The lowest BCUT2D eigenvalue weighted by Gasteiger charge is -2.09. The molecule has 0 bridgehead atoms. The Morgan fingerprint density at radius 2 is 1.85 bits per heavy atom. The van der Waals surface area contributed by atoms with Crippen molar-refractivity contribution in [1.82, 2.24) is 20.0 Å².